The fourth-order valence-electron chi connectivity index (χ4n) is 2.36. The number of likely N-dealkylation sites (N-methyl/N-ethyl adjacent to an activating group) is 2. The summed E-state index contributed by atoms with van der Waals surface area (Å²) in [4.78, 5) is 10.7. The van der Waals surface area contributed by atoms with Gasteiger partial charge in [-0.1, -0.05) is 11.6 Å². The van der Waals surface area contributed by atoms with Gasteiger partial charge in [-0.2, -0.15) is 13.2 Å². The van der Waals surface area contributed by atoms with Gasteiger partial charge in [-0.3, -0.25) is 0 Å². The second-order valence-electron chi connectivity index (χ2n) is 5.04. The third kappa shape index (κ3) is 3.52. The molecule has 0 spiro atoms. The minimum atomic E-state index is -4.59. The van der Waals surface area contributed by atoms with E-state index in [9.17, 15) is 13.2 Å². The molecule has 2 rings (SSSR count). The van der Waals surface area contributed by atoms with Gasteiger partial charge in [-0.05, 0) is 26.4 Å². The molecule has 0 bridgehead atoms. The maximum absolute atomic E-state index is 12.7. The van der Waals surface area contributed by atoms with E-state index in [1.807, 2.05) is 7.05 Å². The molecule has 1 aliphatic heterocycles. The summed E-state index contributed by atoms with van der Waals surface area (Å²) in [6.45, 7) is 1.79. The minimum Gasteiger partial charge on any atom is -0.355 e. The summed E-state index contributed by atoms with van der Waals surface area (Å²) in [7, 11) is 3.73. The molecule has 0 aliphatic carbocycles. The molecule has 0 amide bonds. The summed E-state index contributed by atoms with van der Waals surface area (Å²) >= 11 is 5.68. The van der Waals surface area contributed by atoms with E-state index in [1.54, 1.807) is 11.9 Å². The van der Waals surface area contributed by atoms with Crippen LogP contribution in [-0.4, -0.2) is 48.1 Å². The number of nitrogens with zero attached hydrogens (tertiary/aromatic N) is 4. The second-order valence-corrected chi connectivity index (χ2v) is 5.43. The number of piperidine rings is 1. The number of aromatic nitrogens is 2. The first-order chi connectivity index (χ1) is 9.27. The average Bonchev–Trinajstić information content (AvgIpc) is 2.36. The molecule has 1 saturated heterocycles. The van der Waals surface area contributed by atoms with Crippen LogP contribution in [0.2, 0.25) is 5.15 Å². The van der Waals surface area contributed by atoms with Gasteiger partial charge in [0.2, 0.25) is 5.82 Å². The molecule has 0 saturated carbocycles. The van der Waals surface area contributed by atoms with E-state index in [0.717, 1.165) is 25.9 Å². The molecule has 20 heavy (non-hydrogen) atoms. The van der Waals surface area contributed by atoms with Crippen LogP contribution in [0.1, 0.15) is 18.7 Å². The SMILES string of the molecule is CN1CCCC(N(C)c2cc(Cl)nc(C(F)(F)F)n2)C1. The van der Waals surface area contributed by atoms with Crippen molar-refractivity contribution in [2.24, 2.45) is 0 Å². The summed E-state index contributed by atoms with van der Waals surface area (Å²) in [5.74, 6) is -0.992. The highest BCUT2D eigenvalue weighted by Crippen LogP contribution is 2.30. The lowest BCUT2D eigenvalue weighted by atomic mass is 10.1. The van der Waals surface area contributed by atoms with Gasteiger partial charge in [0.15, 0.2) is 0 Å². The first-order valence-electron chi connectivity index (χ1n) is 6.30. The number of rotatable bonds is 2. The van der Waals surface area contributed by atoms with Crippen LogP contribution in [0.4, 0.5) is 19.0 Å². The van der Waals surface area contributed by atoms with Gasteiger partial charge in [0.25, 0.3) is 0 Å². The zero-order valence-corrected chi connectivity index (χ0v) is 12.0. The predicted molar refractivity (Wildman–Crippen MR) is 71.0 cm³/mol. The first kappa shape index (κ1) is 15.3. The summed E-state index contributed by atoms with van der Waals surface area (Å²) in [6.07, 6.45) is -2.66. The monoisotopic (exact) mass is 308 g/mol. The maximum atomic E-state index is 12.7. The molecule has 1 aromatic rings. The van der Waals surface area contributed by atoms with Gasteiger partial charge < -0.3 is 9.80 Å². The minimum absolute atomic E-state index is 0.126. The molecule has 112 valence electrons. The van der Waals surface area contributed by atoms with E-state index >= 15 is 0 Å². The van der Waals surface area contributed by atoms with Crippen molar-refractivity contribution in [3.63, 3.8) is 0 Å². The number of anilines is 1. The Morgan fingerprint density at radius 1 is 1.40 bits per heavy atom. The van der Waals surface area contributed by atoms with E-state index in [-0.39, 0.29) is 17.0 Å². The van der Waals surface area contributed by atoms with Crippen LogP contribution in [0.25, 0.3) is 0 Å². The van der Waals surface area contributed by atoms with E-state index in [0.29, 0.717) is 0 Å². The zero-order chi connectivity index (χ0) is 14.9. The van der Waals surface area contributed by atoms with Crippen LogP contribution in [0.15, 0.2) is 6.07 Å². The average molecular weight is 309 g/mol. The van der Waals surface area contributed by atoms with Crippen LogP contribution in [-0.2, 0) is 6.18 Å². The highest BCUT2D eigenvalue weighted by Gasteiger charge is 2.36. The van der Waals surface area contributed by atoms with Crippen molar-refractivity contribution in [2.75, 3.05) is 32.1 Å². The van der Waals surface area contributed by atoms with E-state index in [4.69, 9.17) is 11.6 Å². The van der Waals surface area contributed by atoms with Crippen molar-refractivity contribution in [3.05, 3.63) is 17.0 Å². The Labute approximate surface area is 120 Å². The van der Waals surface area contributed by atoms with Crippen LogP contribution in [0.3, 0.4) is 0 Å². The van der Waals surface area contributed by atoms with Gasteiger partial charge in [0.1, 0.15) is 11.0 Å². The Bertz CT molecular complexity index is 480. The molecule has 0 radical (unpaired) electrons. The van der Waals surface area contributed by atoms with Gasteiger partial charge in [-0.15, -0.1) is 0 Å². The molecular weight excluding hydrogens is 293 g/mol. The standard InChI is InChI=1S/C12H16ClF3N4/c1-19-5-3-4-8(7-19)20(2)10-6-9(13)17-11(18-10)12(14,15)16/h6,8H,3-5,7H2,1-2H3. The van der Waals surface area contributed by atoms with Gasteiger partial charge in [-0.25, -0.2) is 9.97 Å². The fraction of sp³-hybridized carbons (Fsp3) is 0.667. The molecule has 1 unspecified atom stereocenters. The van der Waals surface area contributed by atoms with Gasteiger partial charge >= 0.3 is 6.18 Å². The van der Waals surface area contributed by atoms with E-state index in [2.05, 4.69) is 14.9 Å². The first-order valence-corrected chi connectivity index (χ1v) is 6.68. The lowest BCUT2D eigenvalue weighted by Gasteiger charge is -2.36. The van der Waals surface area contributed by atoms with Gasteiger partial charge in [0.05, 0.1) is 0 Å². The fourth-order valence-corrected chi connectivity index (χ4v) is 2.53. The lowest BCUT2D eigenvalue weighted by Crippen LogP contribution is -2.45. The third-order valence-electron chi connectivity index (χ3n) is 3.44. The summed E-state index contributed by atoms with van der Waals surface area (Å²) < 4.78 is 38.1. The van der Waals surface area contributed by atoms with Crippen molar-refractivity contribution >= 4 is 17.4 Å². The van der Waals surface area contributed by atoms with Crippen LogP contribution < -0.4 is 4.90 Å². The normalized spacial score (nSPS) is 21.0. The maximum Gasteiger partial charge on any atom is 0.451 e. The quantitative estimate of drug-likeness (QED) is 0.786. The molecule has 1 atom stereocenters. The zero-order valence-electron chi connectivity index (χ0n) is 11.3. The molecule has 2 heterocycles. The summed E-state index contributed by atoms with van der Waals surface area (Å²) in [6, 6.07) is 1.49. The van der Waals surface area contributed by atoms with Crippen LogP contribution in [0.5, 0.6) is 0 Å². The number of halogens is 4. The Kier molecular flexibility index (Phi) is 4.39. The second kappa shape index (κ2) is 5.73. The van der Waals surface area contributed by atoms with Crippen molar-refractivity contribution < 1.29 is 13.2 Å². The molecule has 0 N–H and O–H groups in total. The summed E-state index contributed by atoms with van der Waals surface area (Å²) in [5, 5.41) is -0.196. The highest BCUT2D eigenvalue weighted by molar-refractivity contribution is 6.29. The number of likely N-dealkylation sites (tertiary alicyclic amines) is 1. The molecular formula is C12H16ClF3N4. The number of hydrogen-bond donors (Lipinski definition) is 0. The van der Waals surface area contributed by atoms with E-state index in [1.165, 1.54) is 6.07 Å². The van der Waals surface area contributed by atoms with Crippen LogP contribution in [0, 0.1) is 0 Å². The molecule has 4 nitrogen and oxygen atoms in total. The molecule has 1 aromatic heterocycles. The van der Waals surface area contributed by atoms with Crippen molar-refractivity contribution in [3.8, 4) is 0 Å². The molecule has 8 heteroatoms. The smallest absolute Gasteiger partial charge is 0.355 e. The van der Waals surface area contributed by atoms with Crippen LogP contribution >= 0.6 is 11.6 Å². The van der Waals surface area contributed by atoms with Crippen molar-refractivity contribution in [1.29, 1.82) is 0 Å². The Morgan fingerprint density at radius 2 is 2.10 bits per heavy atom. The number of hydrogen-bond acceptors (Lipinski definition) is 4. The molecule has 0 aromatic carbocycles. The predicted octanol–water partition coefficient (Wildman–Crippen LogP) is 2.68. The summed E-state index contributed by atoms with van der Waals surface area (Å²) in [5.41, 5.74) is 0. The Hall–Kier alpha value is -1.08. The third-order valence-corrected chi connectivity index (χ3v) is 3.64. The highest BCUT2D eigenvalue weighted by atomic mass is 35.5. The van der Waals surface area contributed by atoms with Crippen molar-refractivity contribution in [2.45, 2.75) is 25.1 Å². The Morgan fingerprint density at radius 3 is 2.70 bits per heavy atom. The Balaban J connectivity index is 2.25. The largest absolute Gasteiger partial charge is 0.451 e. The van der Waals surface area contributed by atoms with Crippen molar-refractivity contribution in [1.82, 2.24) is 14.9 Å². The number of alkyl halides is 3. The molecule has 1 aliphatic rings. The molecule has 1 fully saturated rings. The van der Waals surface area contributed by atoms with Gasteiger partial charge in [0, 0.05) is 25.7 Å². The lowest BCUT2D eigenvalue weighted by molar-refractivity contribution is -0.144. The topological polar surface area (TPSA) is 32.3 Å². The van der Waals surface area contributed by atoms with E-state index < -0.39 is 12.0 Å².